The zero-order chi connectivity index (χ0) is 20.2. The van der Waals surface area contributed by atoms with Crippen molar-refractivity contribution in [1.82, 2.24) is 0 Å². The second-order valence-corrected chi connectivity index (χ2v) is 11.9. The van der Waals surface area contributed by atoms with Gasteiger partial charge < -0.3 is 10.2 Å². The molecule has 0 spiro atoms. The number of aliphatic hydroxyl groups is 2. The van der Waals surface area contributed by atoms with Crippen LogP contribution in [-0.2, 0) is 4.79 Å². The fourth-order valence-electron chi connectivity index (χ4n) is 7.78. The minimum atomic E-state index is -0.619. The fourth-order valence-corrected chi connectivity index (χ4v) is 9.11. The van der Waals surface area contributed by atoms with Crippen LogP contribution < -0.4 is 0 Å². The molecule has 0 saturated heterocycles. The summed E-state index contributed by atoms with van der Waals surface area (Å²) in [7, 11) is 0. The van der Waals surface area contributed by atoms with Crippen LogP contribution >= 0.6 is 11.8 Å². The Kier molecular flexibility index (Phi) is 5.55. The molecule has 7 atom stereocenters. The third-order valence-electron chi connectivity index (χ3n) is 9.41. The summed E-state index contributed by atoms with van der Waals surface area (Å²) in [5, 5.41) is 21.6. The van der Waals surface area contributed by atoms with Crippen molar-refractivity contribution in [3.8, 4) is 0 Å². The van der Waals surface area contributed by atoms with Gasteiger partial charge in [-0.15, -0.1) is 0 Å². The predicted molar refractivity (Wildman–Crippen MR) is 115 cm³/mol. The molecule has 0 aromatic rings. The molecule has 28 heavy (non-hydrogen) atoms. The van der Waals surface area contributed by atoms with Crippen LogP contribution in [0.25, 0.3) is 0 Å². The molecule has 0 aromatic heterocycles. The standard InChI is InChI=1S/C24H38O3S/c1-4-28-20-15-16-14-17(26)6-10-22(16,2)18-7-11-23(3)19(21(18)20)8-12-24(23,27)9-5-13-25/h14,18-21,25,27H,4-13,15H2,1-3H3/t18-,19-,20+,21+,22-,23-,24-/m0/s1. The van der Waals surface area contributed by atoms with Gasteiger partial charge in [0.15, 0.2) is 5.78 Å². The first-order valence-corrected chi connectivity index (χ1v) is 12.5. The molecule has 0 aliphatic heterocycles. The Labute approximate surface area is 174 Å². The summed E-state index contributed by atoms with van der Waals surface area (Å²) in [5.74, 6) is 3.29. The van der Waals surface area contributed by atoms with Crippen LogP contribution in [0.2, 0.25) is 0 Å². The molecule has 0 heterocycles. The van der Waals surface area contributed by atoms with Gasteiger partial charge >= 0.3 is 0 Å². The molecule has 3 saturated carbocycles. The Bertz CT molecular complexity index is 660. The lowest BCUT2D eigenvalue weighted by atomic mass is 9.46. The van der Waals surface area contributed by atoms with E-state index in [4.69, 9.17) is 0 Å². The van der Waals surface area contributed by atoms with Gasteiger partial charge in [0, 0.05) is 18.3 Å². The van der Waals surface area contributed by atoms with E-state index in [1.165, 1.54) is 12.0 Å². The third-order valence-corrected chi connectivity index (χ3v) is 10.7. The minimum absolute atomic E-state index is 0.0298. The second kappa shape index (κ2) is 7.42. The Balaban J connectivity index is 1.70. The maximum atomic E-state index is 12.2. The topological polar surface area (TPSA) is 57.5 Å². The zero-order valence-corrected chi connectivity index (χ0v) is 18.7. The number of ketones is 1. The molecule has 0 radical (unpaired) electrons. The maximum Gasteiger partial charge on any atom is 0.155 e. The monoisotopic (exact) mass is 406 g/mol. The van der Waals surface area contributed by atoms with E-state index < -0.39 is 5.60 Å². The summed E-state index contributed by atoms with van der Waals surface area (Å²) in [6.45, 7) is 7.21. The SMILES string of the molecule is CCS[C@@H]1CC2=CC(=O)CC[C@]2(C)[C@H]2CC[C@@]3(C)[C@@H](CC[C@@]3(O)CCCO)[C@H]12. The van der Waals surface area contributed by atoms with Crippen LogP contribution in [0.4, 0.5) is 0 Å². The van der Waals surface area contributed by atoms with Gasteiger partial charge in [-0.3, -0.25) is 4.79 Å². The molecule has 0 bridgehead atoms. The highest BCUT2D eigenvalue weighted by atomic mass is 32.2. The van der Waals surface area contributed by atoms with E-state index in [2.05, 4.69) is 32.5 Å². The summed E-state index contributed by atoms with van der Waals surface area (Å²) >= 11 is 2.09. The van der Waals surface area contributed by atoms with Gasteiger partial charge in [-0.1, -0.05) is 26.3 Å². The summed E-state index contributed by atoms with van der Waals surface area (Å²) in [6.07, 6.45) is 10.5. The average molecular weight is 407 g/mol. The first kappa shape index (κ1) is 20.9. The molecule has 4 aliphatic rings. The van der Waals surface area contributed by atoms with E-state index in [-0.39, 0.29) is 17.4 Å². The smallest absolute Gasteiger partial charge is 0.155 e. The van der Waals surface area contributed by atoms with Gasteiger partial charge in [0.25, 0.3) is 0 Å². The number of allylic oxidation sites excluding steroid dienone is 1. The number of rotatable bonds is 5. The number of hydrogen-bond donors (Lipinski definition) is 2. The molecule has 3 nitrogen and oxygen atoms in total. The van der Waals surface area contributed by atoms with E-state index in [0.29, 0.717) is 41.6 Å². The number of hydrogen-bond acceptors (Lipinski definition) is 4. The molecule has 4 heteroatoms. The van der Waals surface area contributed by atoms with Crippen LogP contribution in [-0.4, -0.2) is 39.2 Å². The number of aliphatic hydroxyl groups excluding tert-OH is 1. The van der Waals surface area contributed by atoms with Crippen molar-refractivity contribution in [2.24, 2.45) is 28.6 Å². The molecule has 0 aromatic carbocycles. The normalized spacial score (nSPS) is 47.9. The highest BCUT2D eigenvalue weighted by molar-refractivity contribution is 7.99. The van der Waals surface area contributed by atoms with E-state index in [1.807, 2.05) is 6.08 Å². The fraction of sp³-hybridized carbons (Fsp3) is 0.875. The van der Waals surface area contributed by atoms with Gasteiger partial charge in [0.1, 0.15) is 0 Å². The van der Waals surface area contributed by atoms with Crippen LogP contribution in [0, 0.1) is 28.6 Å². The van der Waals surface area contributed by atoms with Crippen molar-refractivity contribution in [2.45, 2.75) is 89.4 Å². The molecule has 4 aliphatic carbocycles. The average Bonchev–Trinajstić information content (AvgIpc) is 2.93. The van der Waals surface area contributed by atoms with E-state index in [9.17, 15) is 15.0 Å². The Hall–Kier alpha value is -0.320. The zero-order valence-electron chi connectivity index (χ0n) is 17.9. The molecule has 0 unspecified atom stereocenters. The lowest BCUT2D eigenvalue weighted by molar-refractivity contribution is -0.132. The molecule has 0 amide bonds. The summed E-state index contributed by atoms with van der Waals surface area (Å²) < 4.78 is 0. The molecule has 4 rings (SSSR count). The molecule has 3 fully saturated rings. The molecule has 2 N–H and O–H groups in total. The summed E-state index contributed by atoms with van der Waals surface area (Å²) in [5.41, 5.74) is 0.953. The van der Waals surface area contributed by atoms with Gasteiger partial charge in [-0.25, -0.2) is 0 Å². The highest BCUT2D eigenvalue weighted by Gasteiger charge is 2.65. The largest absolute Gasteiger partial charge is 0.396 e. The van der Waals surface area contributed by atoms with Crippen molar-refractivity contribution >= 4 is 17.5 Å². The predicted octanol–water partition coefficient (Wildman–Crippen LogP) is 4.75. The Morgan fingerprint density at radius 1 is 1.18 bits per heavy atom. The lowest BCUT2D eigenvalue weighted by Gasteiger charge is -2.61. The Morgan fingerprint density at radius 3 is 2.64 bits per heavy atom. The Morgan fingerprint density at radius 2 is 1.93 bits per heavy atom. The number of fused-ring (bicyclic) bond motifs is 5. The number of thioether (sulfide) groups is 1. The lowest BCUT2D eigenvalue weighted by Crippen LogP contribution is -2.57. The van der Waals surface area contributed by atoms with Crippen molar-refractivity contribution in [3.63, 3.8) is 0 Å². The second-order valence-electron chi connectivity index (χ2n) is 10.4. The molecular formula is C24H38O3S. The minimum Gasteiger partial charge on any atom is -0.396 e. The van der Waals surface area contributed by atoms with Crippen LogP contribution in [0.3, 0.4) is 0 Å². The van der Waals surface area contributed by atoms with Gasteiger partial charge in [-0.2, -0.15) is 11.8 Å². The van der Waals surface area contributed by atoms with E-state index in [0.717, 1.165) is 44.3 Å². The van der Waals surface area contributed by atoms with Crippen molar-refractivity contribution in [1.29, 1.82) is 0 Å². The molecular weight excluding hydrogens is 368 g/mol. The van der Waals surface area contributed by atoms with Crippen LogP contribution in [0.15, 0.2) is 11.6 Å². The highest BCUT2D eigenvalue weighted by Crippen LogP contribution is 2.69. The number of carbonyl (C=O) groups excluding carboxylic acids is 1. The quantitative estimate of drug-likeness (QED) is 0.691. The van der Waals surface area contributed by atoms with E-state index >= 15 is 0 Å². The van der Waals surface area contributed by atoms with Crippen molar-refractivity contribution < 1.29 is 15.0 Å². The third kappa shape index (κ3) is 2.96. The first-order chi connectivity index (χ1) is 13.3. The maximum absolute atomic E-state index is 12.2. The molecule has 158 valence electrons. The van der Waals surface area contributed by atoms with E-state index in [1.54, 1.807) is 0 Å². The van der Waals surface area contributed by atoms with Gasteiger partial charge in [0.2, 0.25) is 0 Å². The first-order valence-electron chi connectivity index (χ1n) is 11.5. The summed E-state index contributed by atoms with van der Waals surface area (Å²) in [4.78, 5) is 12.2. The van der Waals surface area contributed by atoms with Crippen LogP contribution in [0.1, 0.15) is 78.6 Å². The van der Waals surface area contributed by atoms with Crippen molar-refractivity contribution in [3.05, 3.63) is 11.6 Å². The van der Waals surface area contributed by atoms with Gasteiger partial charge in [0.05, 0.1) is 5.60 Å². The van der Waals surface area contributed by atoms with Crippen molar-refractivity contribution in [2.75, 3.05) is 12.4 Å². The summed E-state index contributed by atoms with van der Waals surface area (Å²) in [6, 6.07) is 0. The number of carbonyl (C=O) groups is 1. The van der Waals surface area contributed by atoms with Crippen LogP contribution in [0.5, 0.6) is 0 Å². The van der Waals surface area contributed by atoms with Gasteiger partial charge in [-0.05, 0) is 91.8 Å².